The molecule has 0 amide bonds. The molecular formula is C22H23NO3. The van der Waals surface area contributed by atoms with Crippen molar-refractivity contribution in [2.45, 2.75) is 26.7 Å². The third-order valence-electron chi connectivity index (χ3n) is 5.40. The number of methoxy groups -OCH3 is 1. The predicted molar refractivity (Wildman–Crippen MR) is 98.1 cm³/mol. The van der Waals surface area contributed by atoms with Crippen molar-refractivity contribution in [2.75, 3.05) is 7.11 Å². The number of carbonyl (C=O) groups excluding carboxylic acids is 1. The van der Waals surface area contributed by atoms with E-state index in [-0.39, 0.29) is 16.9 Å². The van der Waals surface area contributed by atoms with Crippen molar-refractivity contribution < 1.29 is 13.9 Å². The Morgan fingerprint density at radius 2 is 2.04 bits per heavy atom. The number of esters is 1. The average molecular weight is 349 g/mol. The van der Waals surface area contributed by atoms with Gasteiger partial charge >= 0.3 is 5.97 Å². The second-order valence-electron chi connectivity index (χ2n) is 7.43. The molecule has 2 aromatic rings. The molecule has 0 unspecified atom stereocenters. The standard InChI is InChI=1S/C22H23NO3/c1-22(2)19(20(22)12-17(13-23)21(24)25-3)11-16-10-18(26-14-16)9-15-7-5-4-6-8-15/h4-8,10,12,14,19-20H,9,11H2,1-3H3/b17-12+/t19-,20-/m1/s1. The summed E-state index contributed by atoms with van der Waals surface area (Å²) in [5.41, 5.74) is 2.51. The topological polar surface area (TPSA) is 63.2 Å². The first-order chi connectivity index (χ1) is 12.5. The van der Waals surface area contributed by atoms with Gasteiger partial charge in [-0.2, -0.15) is 5.26 Å². The number of nitrogens with zero attached hydrogens (tertiary/aromatic N) is 1. The normalized spacial score (nSPS) is 21.1. The molecule has 1 heterocycles. The minimum absolute atomic E-state index is 0.0486. The minimum Gasteiger partial charge on any atom is -0.469 e. The van der Waals surface area contributed by atoms with Gasteiger partial charge in [0.25, 0.3) is 0 Å². The summed E-state index contributed by atoms with van der Waals surface area (Å²) in [6, 6.07) is 14.3. The Morgan fingerprint density at radius 3 is 2.69 bits per heavy atom. The lowest BCUT2D eigenvalue weighted by atomic mass is 10.0. The van der Waals surface area contributed by atoms with Gasteiger partial charge in [0.15, 0.2) is 0 Å². The van der Waals surface area contributed by atoms with Crippen molar-refractivity contribution in [3.05, 3.63) is 71.2 Å². The average Bonchev–Trinajstić information content (AvgIpc) is 2.96. The van der Waals surface area contributed by atoms with Crippen LogP contribution in [0.1, 0.15) is 30.7 Å². The van der Waals surface area contributed by atoms with E-state index in [0.717, 1.165) is 24.2 Å². The van der Waals surface area contributed by atoms with Crippen LogP contribution in [0.5, 0.6) is 0 Å². The van der Waals surface area contributed by atoms with Crippen LogP contribution in [-0.2, 0) is 22.4 Å². The zero-order valence-corrected chi connectivity index (χ0v) is 15.4. The van der Waals surface area contributed by atoms with Crippen LogP contribution < -0.4 is 0 Å². The Balaban J connectivity index is 1.67. The Kier molecular flexibility index (Phi) is 4.99. The Labute approximate surface area is 154 Å². The third kappa shape index (κ3) is 3.72. The van der Waals surface area contributed by atoms with Crippen LogP contribution in [-0.4, -0.2) is 13.1 Å². The molecule has 0 N–H and O–H groups in total. The Hall–Kier alpha value is -2.80. The van der Waals surface area contributed by atoms with E-state index in [1.54, 1.807) is 6.08 Å². The van der Waals surface area contributed by atoms with Crippen LogP contribution >= 0.6 is 0 Å². The molecule has 26 heavy (non-hydrogen) atoms. The van der Waals surface area contributed by atoms with Crippen LogP contribution in [0.25, 0.3) is 0 Å². The van der Waals surface area contributed by atoms with Crippen molar-refractivity contribution in [1.29, 1.82) is 5.26 Å². The van der Waals surface area contributed by atoms with Crippen LogP contribution in [0, 0.1) is 28.6 Å². The quantitative estimate of drug-likeness (QED) is 0.443. The number of ether oxygens (including phenoxy) is 1. The van der Waals surface area contributed by atoms with Crippen molar-refractivity contribution in [3.8, 4) is 6.07 Å². The van der Waals surface area contributed by atoms with Gasteiger partial charge in [-0.15, -0.1) is 0 Å². The molecule has 4 heteroatoms. The first-order valence-corrected chi connectivity index (χ1v) is 8.76. The summed E-state index contributed by atoms with van der Waals surface area (Å²) in [4.78, 5) is 11.6. The zero-order valence-electron chi connectivity index (χ0n) is 15.4. The van der Waals surface area contributed by atoms with Crippen molar-refractivity contribution in [1.82, 2.24) is 0 Å². The van der Waals surface area contributed by atoms with Gasteiger partial charge in [-0.3, -0.25) is 0 Å². The lowest BCUT2D eigenvalue weighted by molar-refractivity contribution is -0.135. The highest BCUT2D eigenvalue weighted by atomic mass is 16.5. The number of hydrogen-bond acceptors (Lipinski definition) is 4. The minimum atomic E-state index is -0.567. The van der Waals surface area contributed by atoms with Crippen LogP contribution in [0.2, 0.25) is 0 Å². The molecule has 1 aliphatic carbocycles. The number of rotatable bonds is 6. The molecule has 3 rings (SSSR count). The third-order valence-corrected chi connectivity index (χ3v) is 5.40. The zero-order chi connectivity index (χ0) is 18.7. The van der Waals surface area contributed by atoms with Crippen LogP contribution in [0.4, 0.5) is 0 Å². The fourth-order valence-corrected chi connectivity index (χ4v) is 3.62. The van der Waals surface area contributed by atoms with E-state index in [2.05, 4.69) is 36.8 Å². The highest BCUT2D eigenvalue weighted by Gasteiger charge is 2.56. The number of allylic oxidation sites excluding steroid dienone is 1. The van der Waals surface area contributed by atoms with Gasteiger partial charge in [0.05, 0.1) is 13.4 Å². The lowest BCUT2D eigenvalue weighted by Gasteiger charge is -2.00. The summed E-state index contributed by atoms with van der Waals surface area (Å²) in [6.45, 7) is 4.33. The predicted octanol–water partition coefficient (Wildman–Crippen LogP) is 4.31. The fraction of sp³-hybridized carbons (Fsp3) is 0.364. The van der Waals surface area contributed by atoms with Gasteiger partial charge in [0.1, 0.15) is 17.4 Å². The summed E-state index contributed by atoms with van der Waals surface area (Å²) in [5, 5.41) is 9.16. The molecule has 1 aromatic carbocycles. The van der Waals surface area contributed by atoms with E-state index in [0.29, 0.717) is 5.92 Å². The molecule has 0 aliphatic heterocycles. The van der Waals surface area contributed by atoms with Crippen molar-refractivity contribution in [3.63, 3.8) is 0 Å². The molecule has 0 saturated heterocycles. The molecule has 134 valence electrons. The molecule has 4 nitrogen and oxygen atoms in total. The maximum Gasteiger partial charge on any atom is 0.348 e. The van der Waals surface area contributed by atoms with Gasteiger partial charge in [-0.25, -0.2) is 4.79 Å². The highest BCUT2D eigenvalue weighted by Crippen LogP contribution is 2.60. The maximum atomic E-state index is 11.6. The molecule has 1 fully saturated rings. The number of benzene rings is 1. The van der Waals surface area contributed by atoms with Gasteiger partial charge < -0.3 is 9.15 Å². The summed E-state index contributed by atoms with van der Waals surface area (Å²) in [6.07, 6.45) is 5.23. The Bertz CT molecular complexity index is 855. The molecular weight excluding hydrogens is 326 g/mol. The van der Waals surface area contributed by atoms with Gasteiger partial charge in [-0.1, -0.05) is 50.3 Å². The van der Waals surface area contributed by atoms with E-state index in [1.165, 1.54) is 12.7 Å². The molecule has 0 bridgehead atoms. The summed E-state index contributed by atoms with van der Waals surface area (Å²) < 4.78 is 10.4. The van der Waals surface area contributed by atoms with Gasteiger partial charge in [-0.05, 0) is 40.9 Å². The maximum absolute atomic E-state index is 11.6. The van der Waals surface area contributed by atoms with E-state index in [1.807, 2.05) is 30.5 Å². The summed E-state index contributed by atoms with van der Waals surface area (Å²) >= 11 is 0. The largest absolute Gasteiger partial charge is 0.469 e. The van der Waals surface area contributed by atoms with Crippen molar-refractivity contribution >= 4 is 5.97 Å². The second kappa shape index (κ2) is 7.21. The second-order valence-corrected chi connectivity index (χ2v) is 7.43. The smallest absolute Gasteiger partial charge is 0.348 e. The summed E-state index contributed by atoms with van der Waals surface area (Å²) in [7, 11) is 1.29. The van der Waals surface area contributed by atoms with Crippen LogP contribution in [0.3, 0.4) is 0 Å². The van der Waals surface area contributed by atoms with E-state index in [9.17, 15) is 4.79 Å². The fourth-order valence-electron chi connectivity index (χ4n) is 3.62. The first kappa shape index (κ1) is 18.0. The highest BCUT2D eigenvalue weighted by molar-refractivity contribution is 5.92. The number of carbonyl (C=O) groups is 1. The number of nitriles is 1. The summed E-state index contributed by atoms with van der Waals surface area (Å²) in [5.74, 6) is 0.938. The molecule has 0 spiro atoms. The molecule has 1 aliphatic rings. The van der Waals surface area contributed by atoms with Crippen LogP contribution in [0.15, 0.2) is 58.7 Å². The van der Waals surface area contributed by atoms with Gasteiger partial charge in [0, 0.05) is 6.42 Å². The van der Waals surface area contributed by atoms with Crippen molar-refractivity contribution in [2.24, 2.45) is 17.3 Å². The molecule has 2 atom stereocenters. The van der Waals surface area contributed by atoms with E-state index < -0.39 is 5.97 Å². The first-order valence-electron chi connectivity index (χ1n) is 8.76. The Morgan fingerprint density at radius 1 is 1.31 bits per heavy atom. The molecule has 1 aromatic heterocycles. The van der Waals surface area contributed by atoms with E-state index in [4.69, 9.17) is 9.68 Å². The SMILES string of the molecule is COC(=O)/C(C#N)=C/[C@@H]1[C@@H](Cc2coc(Cc3ccccc3)c2)C1(C)C. The van der Waals surface area contributed by atoms with E-state index >= 15 is 0 Å². The molecule has 1 saturated carbocycles. The number of furan rings is 1. The monoisotopic (exact) mass is 349 g/mol. The van der Waals surface area contributed by atoms with Gasteiger partial charge in [0.2, 0.25) is 0 Å². The lowest BCUT2D eigenvalue weighted by Crippen LogP contribution is -2.03. The number of hydrogen-bond donors (Lipinski definition) is 0. The molecule has 0 radical (unpaired) electrons.